The number of nitrogens with one attached hydrogen (secondary N) is 2. The number of aromatic nitrogens is 3. The van der Waals surface area contributed by atoms with E-state index < -0.39 is 0 Å². The SMILES string of the molecule is CCOCCCNC(=NCc1nnc(C)n1C)NC1CCCN(c2ccccc2C#N)C1.I. The van der Waals surface area contributed by atoms with Gasteiger partial charge in [-0.25, -0.2) is 4.99 Å². The maximum atomic E-state index is 9.48. The molecule has 1 aromatic heterocycles. The molecule has 1 aliphatic heterocycles. The van der Waals surface area contributed by atoms with Crippen molar-refractivity contribution in [2.45, 2.75) is 45.7 Å². The second-order valence-electron chi connectivity index (χ2n) is 7.92. The van der Waals surface area contributed by atoms with Crippen molar-refractivity contribution in [3.05, 3.63) is 41.5 Å². The maximum absolute atomic E-state index is 9.48. The first kappa shape index (κ1) is 26.9. The smallest absolute Gasteiger partial charge is 0.191 e. The van der Waals surface area contributed by atoms with Crippen LogP contribution in [0.5, 0.6) is 0 Å². The van der Waals surface area contributed by atoms with Crippen LogP contribution in [0.3, 0.4) is 0 Å². The van der Waals surface area contributed by atoms with Crippen LogP contribution in [0, 0.1) is 18.3 Å². The van der Waals surface area contributed by atoms with Crippen LogP contribution in [-0.2, 0) is 18.3 Å². The van der Waals surface area contributed by atoms with E-state index in [0.29, 0.717) is 12.1 Å². The van der Waals surface area contributed by atoms with Gasteiger partial charge in [-0.1, -0.05) is 12.1 Å². The van der Waals surface area contributed by atoms with Crippen molar-refractivity contribution in [2.24, 2.45) is 12.0 Å². The highest BCUT2D eigenvalue weighted by molar-refractivity contribution is 14.0. The fourth-order valence-electron chi connectivity index (χ4n) is 3.77. The molecule has 1 fully saturated rings. The van der Waals surface area contributed by atoms with E-state index in [9.17, 15) is 5.26 Å². The van der Waals surface area contributed by atoms with Crippen LogP contribution in [0.15, 0.2) is 29.3 Å². The molecule has 1 aromatic carbocycles. The largest absolute Gasteiger partial charge is 0.382 e. The molecule has 0 radical (unpaired) electrons. The molecule has 33 heavy (non-hydrogen) atoms. The molecule has 2 N–H and O–H groups in total. The summed E-state index contributed by atoms with van der Waals surface area (Å²) in [5.74, 6) is 2.46. The number of hydrogen-bond acceptors (Lipinski definition) is 6. The molecule has 0 spiro atoms. The van der Waals surface area contributed by atoms with Crippen molar-refractivity contribution >= 4 is 35.6 Å². The van der Waals surface area contributed by atoms with Crippen LogP contribution in [-0.4, -0.2) is 59.6 Å². The van der Waals surface area contributed by atoms with Crippen molar-refractivity contribution in [2.75, 3.05) is 37.7 Å². The van der Waals surface area contributed by atoms with E-state index in [-0.39, 0.29) is 30.0 Å². The standard InChI is InChI=1S/C23H34N8O.HI/c1-4-32-14-8-12-25-23(26-16-22-29-28-18(2)30(22)3)27-20-10-7-13-31(17-20)21-11-6-5-9-19(21)15-24;/h5-6,9,11,20H,4,7-8,10,12-14,16-17H2,1-3H3,(H2,25,26,27);1H. The van der Waals surface area contributed by atoms with Crippen LogP contribution in [0.2, 0.25) is 0 Å². The zero-order valence-electron chi connectivity index (χ0n) is 19.8. The van der Waals surface area contributed by atoms with E-state index >= 15 is 0 Å². The Morgan fingerprint density at radius 2 is 2.15 bits per heavy atom. The molecule has 0 amide bonds. The number of guanidine groups is 1. The third-order valence-corrected chi connectivity index (χ3v) is 5.65. The van der Waals surface area contributed by atoms with Crippen molar-refractivity contribution in [3.8, 4) is 6.07 Å². The van der Waals surface area contributed by atoms with Gasteiger partial charge in [-0.15, -0.1) is 34.2 Å². The summed E-state index contributed by atoms with van der Waals surface area (Å²) in [6, 6.07) is 10.3. The van der Waals surface area contributed by atoms with E-state index in [2.05, 4.69) is 31.8 Å². The molecule has 9 nitrogen and oxygen atoms in total. The summed E-state index contributed by atoms with van der Waals surface area (Å²) in [5.41, 5.74) is 1.72. The molecule has 1 unspecified atom stereocenters. The van der Waals surface area contributed by atoms with Crippen LogP contribution in [0.25, 0.3) is 0 Å². The third kappa shape index (κ3) is 7.85. The van der Waals surface area contributed by atoms with Crippen molar-refractivity contribution in [1.29, 1.82) is 5.26 Å². The van der Waals surface area contributed by atoms with Crippen molar-refractivity contribution < 1.29 is 4.74 Å². The lowest BCUT2D eigenvalue weighted by Crippen LogP contribution is -2.51. The lowest BCUT2D eigenvalue weighted by Gasteiger charge is -2.35. The van der Waals surface area contributed by atoms with E-state index in [4.69, 9.17) is 9.73 Å². The quantitative estimate of drug-likeness (QED) is 0.208. The molecule has 2 heterocycles. The van der Waals surface area contributed by atoms with Gasteiger partial charge in [-0.2, -0.15) is 5.26 Å². The summed E-state index contributed by atoms with van der Waals surface area (Å²) in [7, 11) is 1.95. The first-order valence-electron chi connectivity index (χ1n) is 11.3. The average Bonchev–Trinajstić information content (AvgIpc) is 3.14. The summed E-state index contributed by atoms with van der Waals surface area (Å²) < 4.78 is 7.40. The lowest BCUT2D eigenvalue weighted by molar-refractivity contribution is 0.145. The van der Waals surface area contributed by atoms with Gasteiger partial charge in [-0.05, 0) is 45.2 Å². The van der Waals surface area contributed by atoms with E-state index in [1.165, 1.54) is 0 Å². The van der Waals surface area contributed by atoms with Crippen molar-refractivity contribution in [3.63, 3.8) is 0 Å². The highest BCUT2D eigenvalue weighted by atomic mass is 127. The monoisotopic (exact) mass is 566 g/mol. The topological polar surface area (TPSA) is 103 Å². The number of piperidine rings is 1. The molecule has 0 aliphatic carbocycles. The average molecular weight is 566 g/mol. The number of anilines is 1. The Bertz CT molecular complexity index is 939. The molecule has 1 saturated heterocycles. The highest BCUT2D eigenvalue weighted by Crippen LogP contribution is 2.23. The minimum atomic E-state index is 0. The molecule has 10 heteroatoms. The molecule has 1 aliphatic rings. The molecule has 3 rings (SSSR count). The first-order chi connectivity index (χ1) is 15.6. The number of aliphatic imine (C=N–C) groups is 1. The van der Waals surface area contributed by atoms with E-state index in [1.54, 1.807) is 0 Å². The third-order valence-electron chi connectivity index (χ3n) is 5.65. The highest BCUT2D eigenvalue weighted by Gasteiger charge is 2.22. The second kappa shape index (κ2) is 14.0. The zero-order valence-corrected chi connectivity index (χ0v) is 22.1. The van der Waals surface area contributed by atoms with Gasteiger partial charge in [0.05, 0.1) is 11.3 Å². The first-order valence-corrected chi connectivity index (χ1v) is 11.3. The van der Waals surface area contributed by atoms with E-state index in [0.717, 1.165) is 75.4 Å². The summed E-state index contributed by atoms with van der Waals surface area (Å²) in [6.45, 7) is 8.38. The number of nitriles is 1. The zero-order chi connectivity index (χ0) is 22.8. The molecule has 0 saturated carbocycles. The lowest BCUT2D eigenvalue weighted by atomic mass is 10.0. The molecule has 180 valence electrons. The number of ether oxygens (including phenoxy) is 1. The molecule has 2 aromatic rings. The van der Waals surface area contributed by atoms with Crippen LogP contribution in [0.4, 0.5) is 5.69 Å². The van der Waals surface area contributed by atoms with Gasteiger partial charge in [0.15, 0.2) is 11.8 Å². The number of aryl methyl sites for hydroxylation is 1. The van der Waals surface area contributed by atoms with Gasteiger partial charge in [0.1, 0.15) is 18.4 Å². The Hall–Kier alpha value is -2.39. The number of halogens is 1. The van der Waals surface area contributed by atoms with Gasteiger partial charge >= 0.3 is 0 Å². The minimum Gasteiger partial charge on any atom is -0.382 e. The number of nitrogens with zero attached hydrogens (tertiary/aromatic N) is 6. The molecule has 1 atom stereocenters. The van der Waals surface area contributed by atoms with Crippen molar-refractivity contribution in [1.82, 2.24) is 25.4 Å². The van der Waals surface area contributed by atoms with Crippen LogP contribution in [0.1, 0.15) is 43.4 Å². The maximum Gasteiger partial charge on any atom is 0.191 e. The molecular weight excluding hydrogens is 531 g/mol. The number of benzene rings is 1. The van der Waals surface area contributed by atoms with Gasteiger partial charge < -0.3 is 24.8 Å². The summed E-state index contributed by atoms with van der Waals surface area (Å²) in [6.07, 6.45) is 3.01. The number of para-hydroxylation sites is 1. The van der Waals surface area contributed by atoms with Gasteiger partial charge in [0, 0.05) is 45.9 Å². The Balaban J connectivity index is 0.00000385. The minimum absolute atomic E-state index is 0. The fraction of sp³-hybridized carbons (Fsp3) is 0.565. The summed E-state index contributed by atoms with van der Waals surface area (Å²) in [5, 5.41) is 24.8. The van der Waals surface area contributed by atoms with Gasteiger partial charge in [0.25, 0.3) is 0 Å². The van der Waals surface area contributed by atoms with Gasteiger partial charge in [0.2, 0.25) is 0 Å². The molecular formula is C23H35IN8O. The second-order valence-corrected chi connectivity index (χ2v) is 7.92. The predicted octanol–water partition coefficient (Wildman–Crippen LogP) is 2.74. The Labute approximate surface area is 213 Å². The van der Waals surface area contributed by atoms with E-state index in [1.807, 2.05) is 49.7 Å². The van der Waals surface area contributed by atoms with Crippen LogP contribution < -0.4 is 15.5 Å². The fourth-order valence-corrected chi connectivity index (χ4v) is 3.77. The summed E-state index contributed by atoms with van der Waals surface area (Å²) >= 11 is 0. The molecule has 0 bridgehead atoms. The number of rotatable bonds is 9. The number of hydrogen-bond donors (Lipinski definition) is 2. The summed E-state index contributed by atoms with van der Waals surface area (Å²) in [4.78, 5) is 7.06. The van der Waals surface area contributed by atoms with Crippen LogP contribution >= 0.6 is 24.0 Å². The Kier molecular flexibility index (Phi) is 11.4. The predicted molar refractivity (Wildman–Crippen MR) is 141 cm³/mol. The normalized spacial score (nSPS) is 16.1. The van der Waals surface area contributed by atoms with Gasteiger partial charge in [-0.3, -0.25) is 0 Å². The Morgan fingerprint density at radius 1 is 1.33 bits per heavy atom. The Morgan fingerprint density at radius 3 is 2.88 bits per heavy atom.